The van der Waals surface area contributed by atoms with Gasteiger partial charge in [0.25, 0.3) is 0 Å². The van der Waals surface area contributed by atoms with Gasteiger partial charge in [-0.2, -0.15) is 0 Å². The Balaban J connectivity index is 2.34. The summed E-state index contributed by atoms with van der Waals surface area (Å²) < 4.78 is 0. The van der Waals surface area contributed by atoms with Gasteiger partial charge < -0.3 is 4.90 Å². The Bertz CT molecular complexity index is 416. The van der Waals surface area contributed by atoms with Crippen LogP contribution >= 0.6 is 21.6 Å². The molecule has 2 aliphatic heterocycles. The van der Waals surface area contributed by atoms with Crippen LogP contribution < -0.4 is 0 Å². The molecule has 0 N–H and O–H groups in total. The van der Waals surface area contributed by atoms with Crippen molar-refractivity contribution in [1.29, 1.82) is 0 Å². The summed E-state index contributed by atoms with van der Waals surface area (Å²) >= 11 is 0. The highest BCUT2D eigenvalue weighted by atomic mass is 33.1. The number of hydrogen-bond acceptors (Lipinski definition) is 5. The third-order valence-electron chi connectivity index (χ3n) is 2.09. The third-order valence-corrected chi connectivity index (χ3v) is 4.42. The van der Waals surface area contributed by atoms with Crippen LogP contribution in [-0.2, 0) is 0 Å². The molecule has 5 heteroatoms. The normalized spacial score (nSPS) is 25.2. The van der Waals surface area contributed by atoms with Gasteiger partial charge in [-0.3, -0.25) is 4.99 Å². The summed E-state index contributed by atoms with van der Waals surface area (Å²) in [6, 6.07) is 0. The van der Waals surface area contributed by atoms with Crippen LogP contribution in [0.25, 0.3) is 0 Å². The molecule has 0 fully saturated rings. The summed E-state index contributed by atoms with van der Waals surface area (Å²) in [5.41, 5.74) is 3.30. The fraction of sp³-hybridized carbons (Fsp3) is 0.400. The summed E-state index contributed by atoms with van der Waals surface area (Å²) in [6.45, 7) is 4.05. The van der Waals surface area contributed by atoms with Crippen molar-refractivity contribution in [2.75, 3.05) is 14.1 Å². The SMILES string of the molecule is CC1=CC(=C2N=C(N(C)C)SS2)C(C)=N1. The molecule has 0 aromatic heterocycles. The van der Waals surface area contributed by atoms with Gasteiger partial charge in [-0.1, -0.05) is 0 Å². The first-order valence-corrected chi connectivity index (χ1v) is 6.81. The molecule has 0 aliphatic carbocycles. The number of rotatable bonds is 0. The molecule has 0 radical (unpaired) electrons. The summed E-state index contributed by atoms with van der Waals surface area (Å²) in [7, 11) is 7.43. The lowest BCUT2D eigenvalue weighted by atomic mass is 10.2. The highest BCUT2D eigenvalue weighted by molar-refractivity contribution is 8.84. The first-order valence-electron chi connectivity index (χ1n) is 4.66. The fourth-order valence-corrected chi connectivity index (χ4v) is 3.68. The zero-order valence-electron chi connectivity index (χ0n) is 9.24. The minimum atomic E-state index is 1.05. The van der Waals surface area contributed by atoms with Crippen molar-refractivity contribution in [2.45, 2.75) is 13.8 Å². The second kappa shape index (κ2) is 4.06. The molecule has 0 saturated carbocycles. The summed E-state index contributed by atoms with van der Waals surface area (Å²) in [5.74, 6) is 0. The van der Waals surface area contributed by atoms with Crippen LogP contribution in [0, 0.1) is 0 Å². The van der Waals surface area contributed by atoms with E-state index in [2.05, 4.69) is 16.1 Å². The molecule has 0 atom stereocenters. The van der Waals surface area contributed by atoms with E-state index in [4.69, 9.17) is 0 Å². The molecule has 0 aromatic carbocycles. The van der Waals surface area contributed by atoms with Crippen molar-refractivity contribution in [3.63, 3.8) is 0 Å². The summed E-state index contributed by atoms with van der Waals surface area (Å²) in [6.07, 6.45) is 2.10. The fourth-order valence-electron chi connectivity index (χ4n) is 1.37. The van der Waals surface area contributed by atoms with E-state index in [9.17, 15) is 0 Å². The van der Waals surface area contributed by atoms with E-state index in [1.807, 2.05) is 32.8 Å². The first-order chi connectivity index (χ1) is 7.08. The maximum absolute atomic E-state index is 4.58. The van der Waals surface area contributed by atoms with Crippen LogP contribution in [0.4, 0.5) is 0 Å². The van der Waals surface area contributed by atoms with Crippen molar-refractivity contribution in [3.8, 4) is 0 Å². The van der Waals surface area contributed by atoms with Crippen molar-refractivity contribution < 1.29 is 0 Å². The minimum absolute atomic E-state index is 1.05. The monoisotopic (exact) mass is 239 g/mol. The molecule has 15 heavy (non-hydrogen) atoms. The molecule has 0 amide bonds. The van der Waals surface area contributed by atoms with Crippen LogP contribution in [0.2, 0.25) is 0 Å². The highest BCUT2D eigenvalue weighted by Crippen LogP contribution is 2.42. The molecule has 2 aliphatic rings. The van der Waals surface area contributed by atoms with Gasteiger partial charge in [0.2, 0.25) is 0 Å². The van der Waals surface area contributed by atoms with Gasteiger partial charge in [-0.05, 0) is 41.5 Å². The largest absolute Gasteiger partial charge is 0.357 e. The molecule has 2 rings (SSSR count). The van der Waals surface area contributed by atoms with Crippen molar-refractivity contribution in [3.05, 3.63) is 22.4 Å². The van der Waals surface area contributed by atoms with Gasteiger partial charge >= 0.3 is 0 Å². The van der Waals surface area contributed by atoms with Crippen molar-refractivity contribution in [2.24, 2.45) is 9.98 Å². The average Bonchev–Trinajstić information content (AvgIpc) is 2.71. The second-order valence-corrected chi connectivity index (χ2v) is 5.74. The van der Waals surface area contributed by atoms with Crippen molar-refractivity contribution in [1.82, 2.24) is 4.90 Å². The Hall–Kier alpha value is -0.680. The zero-order chi connectivity index (χ0) is 11.0. The average molecular weight is 239 g/mol. The zero-order valence-corrected chi connectivity index (χ0v) is 10.9. The molecule has 2 heterocycles. The van der Waals surface area contributed by atoms with Crippen LogP contribution in [0.1, 0.15) is 13.8 Å². The number of hydrogen-bond donors (Lipinski definition) is 0. The predicted octanol–water partition coefficient (Wildman–Crippen LogP) is 2.89. The van der Waals surface area contributed by atoms with Gasteiger partial charge in [0.1, 0.15) is 5.03 Å². The van der Waals surface area contributed by atoms with Gasteiger partial charge in [0, 0.05) is 31.1 Å². The molecular weight excluding hydrogens is 226 g/mol. The summed E-state index contributed by atoms with van der Waals surface area (Å²) in [5, 5.41) is 2.12. The Labute approximate surface area is 97.8 Å². The quantitative estimate of drug-likeness (QED) is 0.608. The topological polar surface area (TPSA) is 28.0 Å². The second-order valence-electron chi connectivity index (χ2n) is 3.66. The maximum atomic E-state index is 4.58. The molecular formula is C10H13N3S2. The molecule has 0 unspecified atom stereocenters. The van der Waals surface area contributed by atoms with Crippen molar-refractivity contribution >= 4 is 32.5 Å². The van der Waals surface area contributed by atoms with Gasteiger partial charge in [0.05, 0.1) is 0 Å². The highest BCUT2D eigenvalue weighted by Gasteiger charge is 2.21. The number of amidine groups is 1. The maximum Gasteiger partial charge on any atom is 0.175 e. The van der Waals surface area contributed by atoms with E-state index in [0.29, 0.717) is 0 Å². The Morgan fingerprint density at radius 3 is 2.33 bits per heavy atom. The standard InChI is InChI=1S/C10H13N3S2/c1-6-5-8(7(2)11-6)9-12-10(13(3)4)15-14-9/h5H,1-4H3. The van der Waals surface area contributed by atoms with Crippen LogP contribution in [0.5, 0.6) is 0 Å². The van der Waals surface area contributed by atoms with E-state index in [1.165, 1.54) is 5.57 Å². The van der Waals surface area contributed by atoms with E-state index in [0.717, 1.165) is 21.6 Å². The molecule has 0 spiro atoms. The van der Waals surface area contributed by atoms with Crippen LogP contribution in [-0.4, -0.2) is 29.9 Å². The molecule has 0 aromatic rings. The van der Waals surface area contributed by atoms with E-state index >= 15 is 0 Å². The van der Waals surface area contributed by atoms with E-state index in [-0.39, 0.29) is 0 Å². The first kappa shape index (κ1) is 10.8. The van der Waals surface area contributed by atoms with Crippen LogP contribution in [0.15, 0.2) is 32.4 Å². The Morgan fingerprint density at radius 2 is 1.87 bits per heavy atom. The van der Waals surface area contributed by atoms with E-state index < -0.39 is 0 Å². The number of nitrogens with zero attached hydrogens (tertiary/aromatic N) is 3. The molecule has 0 bridgehead atoms. The van der Waals surface area contributed by atoms with Gasteiger partial charge in [-0.15, -0.1) is 0 Å². The lowest BCUT2D eigenvalue weighted by Gasteiger charge is -2.07. The summed E-state index contributed by atoms with van der Waals surface area (Å²) in [4.78, 5) is 11.0. The Morgan fingerprint density at radius 1 is 1.13 bits per heavy atom. The smallest absolute Gasteiger partial charge is 0.175 e. The lowest BCUT2D eigenvalue weighted by molar-refractivity contribution is 0.637. The Kier molecular flexibility index (Phi) is 2.93. The predicted molar refractivity (Wildman–Crippen MR) is 70.2 cm³/mol. The molecule has 80 valence electrons. The van der Waals surface area contributed by atoms with Gasteiger partial charge in [0.15, 0.2) is 5.17 Å². The molecule has 3 nitrogen and oxygen atoms in total. The number of allylic oxidation sites excluding steroid dienone is 3. The molecule has 0 saturated heterocycles. The van der Waals surface area contributed by atoms with Gasteiger partial charge in [-0.25, -0.2) is 4.99 Å². The third kappa shape index (κ3) is 2.13. The van der Waals surface area contributed by atoms with Crippen LogP contribution in [0.3, 0.4) is 0 Å². The number of aliphatic imine (C=N–C) groups is 2. The van der Waals surface area contributed by atoms with E-state index in [1.54, 1.807) is 21.6 Å². The minimum Gasteiger partial charge on any atom is -0.357 e. The lowest BCUT2D eigenvalue weighted by Crippen LogP contribution is -2.15.